The van der Waals surface area contributed by atoms with Crippen molar-refractivity contribution in [2.24, 2.45) is 4.99 Å². The van der Waals surface area contributed by atoms with Gasteiger partial charge in [-0.05, 0) is 18.2 Å². The number of thioether (sulfide) groups is 1. The van der Waals surface area contributed by atoms with Gasteiger partial charge < -0.3 is 10.2 Å². The molecule has 0 bridgehead atoms. The van der Waals surface area contributed by atoms with Gasteiger partial charge in [-0.15, -0.1) is 11.8 Å². The molecular formula is C10H8BrNO3S. The number of aromatic hydroxyl groups is 1. The van der Waals surface area contributed by atoms with Gasteiger partial charge in [-0.2, -0.15) is 0 Å². The molecule has 2 rings (SSSR count). The fourth-order valence-corrected chi connectivity index (χ4v) is 2.95. The highest BCUT2D eigenvalue weighted by Crippen LogP contribution is 2.30. The van der Waals surface area contributed by atoms with Gasteiger partial charge in [-0.25, -0.2) is 4.79 Å². The molecule has 1 unspecified atom stereocenters. The van der Waals surface area contributed by atoms with Crippen LogP contribution >= 0.6 is 27.7 Å². The minimum atomic E-state index is -0.918. The standard InChI is InChI=1S/C10H8BrNO3S/c11-7-2-1-5(13)3-6(7)9-12-8(4-16-9)10(14)15/h1-3,8,13H,4H2,(H,14,15). The molecule has 1 aromatic carbocycles. The average Bonchev–Trinajstić information content (AvgIpc) is 2.70. The molecule has 1 aliphatic rings. The topological polar surface area (TPSA) is 69.9 Å². The van der Waals surface area contributed by atoms with Crippen molar-refractivity contribution in [2.75, 3.05) is 5.75 Å². The molecule has 0 fully saturated rings. The van der Waals surface area contributed by atoms with Gasteiger partial charge in [0.2, 0.25) is 0 Å². The van der Waals surface area contributed by atoms with E-state index in [9.17, 15) is 9.90 Å². The van der Waals surface area contributed by atoms with Crippen LogP contribution in [0.15, 0.2) is 27.7 Å². The van der Waals surface area contributed by atoms with Gasteiger partial charge in [0.25, 0.3) is 0 Å². The second-order valence-corrected chi connectivity index (χ2v) is 5.13. The van der Waals surface area contributed by atoms with Gasteiger partial charge in [0, 0.05) is 15.8 Å². The number of nitrogens with zero attached hydrogens (tertiary/aromatic N) is 1. The predicted molar refractivity (Wildman–Crippen MR) is 66.2 cm³/mol. The van der Waals surface area contributed by atoms with E-state index in [2.05, 4.69) is 20.9 Å². The van der Waals surface area contributed by atoms with Crippen molar-refractivity contribution in [1.29, 1.82) is 0 Å². The number of aliphatic carboxylic acids is 1. The molecule has 1 aromatic rings. The summed E-state index contributed by atoms with van der Waals surface area (Å²) in [6, 6.07) is 4.15. The zero-order valence-electron chi connectivity index (χ0n) is 8.05. The van der Waals surface area contributed by atoms with Crippen LogP contribution in [0.4, 0.5) is 0 Å². The van der Waals surface area contributed by atoms with E-state index >= 15 is 0 Å². The lowest BCUT2D eigenvalue weighted by atomic mass is 10.2. The number of aliphatic imine (C=N–C) groups is 1. The number of carboxylic acid groups (broad SMARTS) is 1. The maximum atomic E-state index is 10.7. The highest BCUT2D eigenvalue weighted by Gasteiger charge is 2.26. The minimum absolute atomic E-state index is 0.139. The molecule has 1 aliphatic heterocycles. The normalized spacial score (nSPS) is 19.6. The number of hydrogen-bond donors (Lipinski definition) is 2. The number of halogens is 1. The van der Waals surface area contributed by atoms with Crippen LogP contribution in [0.3, 0.4) is 0 Å². The van der Waals surface area contributed by atoms with Gasteiger partial charge >= 0.3 is 5.97 Å². The molecule has 0 spiro atoms. The Morgan fingerprint density at radius 2 is 2.31 bits per heavy atom. The number of carbonyl (C=O) groups is 1. The van der Waals surface area contributed by atoms with E-state index in [1.165, 1.54) is 11.8 Å². The first kappa shape index (κ1) is 11.5. The van der Waals surface area contributed by atoms with E-state index < -0.39 is 12.0 Å². The van der Waals surface area contributed by atoms with Crippen LogP contribution in [0.25, 0.3) is 0 Å². The highest BCUT2D eigenvalue weighted by molar-refractivity contribution is 9.10. The number of carboxylic acids is 1. The smallest absolute Gasteiger partial charge is 0.329 e. The molecule has 0 aromatic heterocycles. The molecule has 84 valence electrons. The molecule has 1 heterocycles. The highest BCUT2D eigenvalue weighted by atomic mass is 79.9. The maximum absolute atomic E-state index is 10.7. The third-order valence-corrected chi connectivity index (χ3v) is 3.89. The molecule has 2 N–H and O–H groups in total. The summed E-state index contributed by atoms with van der Waals surface area (Å²) in [5, 5.41) is 18.8. The summed E-state index contributed by atoms with van der Waals surface area (Å²) in [6.07, 6.45) is 0. The molecule has 6 heteroatoms. The molecule has 4 nitrogen and oxygen atoms in total. The minimum Gasteiger partial charge on any atom is -0.508 e. The molecule has 0 aliphatic carbocycles. The molecule has 0 radical (unpaired) electrons. The summed E-state index contributed by atoms with van der Waals surface area (Å²) < 4.78 is 0.794. The largest absolute Gasteiger partial charge is 0.508 e. The maximum Gasteiger partial charge on any atom is 0.329 e. The van der Waals surface area contributed by atoms with Gasteiger partial charge in [0.05, 0.1) is 0 Å². The molecule has 0 amide bonds. The molecular weight excluding hydrogens is 294 g/mol. The Balaban J connectivity index is 2.35. The van der Waals surface area contributed by atoms with E-state index in [4.69, 9.17) is 5.11 Å². The summed E-state index contributed by atoms with van der Waals surface area (Å²) >= 11 is 4.73. The van der Waals surface area contributed by atoms with Crippen molar-refractivity contribution in [3.63, 3.8) is 0 Å². The second-order valence-electron chi connectivity index (χ2n) is 3.26. The SMILES string of the molecule is O=C(O)C1CSC(c2cc(O)ccc2Br)=N1. The Bertz CT molecular complexity index is 475. The van der Waals surface area contributed by atoms with Gasteiger partial charge in [-0.3, -0.25) is 4.99 Å². The van der Waals surface area contributed by atoms with Gasteiger partial charge in [0.15, 0.2) is 6.04 Å². The monoisotopic (exact) mass is 301 g/mol. The summed E-state index contributed by atoms with van der Waals surface area (Å²) in [7, 11) is 0. The van der Waals surface area contributed by atoms with Crippen molar-refractivity contribution in [2.45, 2.75) is 6.04 Å². The Morgan fingerprint density at radius 1 is 1.56 bits per heavy atom. The Labute approximate surface area is 105 Å². The number of hydrogen-bond acceptors (Lipinski definition) is 4. The van der Waals surface area contributed by atoms with Crippen molar-refractivity contribution in [1.82, 2.24) is 0 Å². The molecule has 1 atom stereocenters. The Kier molecular flexibility index (Phi) is 3.20. The molecule has 0 saturated carbocycles. The summed E-state index contributed by atoms with van der Waals surface area (Å²) in [4.78, 5) is 14.8. The van der Waals surface area contributed by atoms with Crippen molar-refractivity contribution in [3.8, 4) is 5.75 Å². The van der Waals surface area contributed by atoms with E-state index in [1.807, 2.05) is 0 Å². The average molecular weight is 302 g/mol. The van der Waals surface area contributed by atoms with E-state index in [1.54, 1.807) is 18.2 Å². The van der Waals surface area contributed by atoms with Crippen LogP contribution in [0, 0.1) is 0 Å². The fraction of sp³-hybridized carbons (Fsp3) is 0.200. The van der Waals surface area contributed by atoms with Crippen LogP contribution in [0.5, 0.6) is 5.75 Å². The summed E-state index contributed by atoms with van der Waals surface area (Å²) in [6.45, 7) is 0. The molecule has 16 heavy (non-hydrogen) atoms. The first-order chi connectivity index (χ1) is 7.58. The first-order valence-electron chi connectivity index (χ1n) is 4.50. The van der Waals surface area contributed by atoms with Crippen molar-refractivity contribution in [3.05, 3.63) is 28.2 Å². The second kappa shape index (κ2) is 4.47. The van der Waals surface area contributed by atoms with E-state index in [0.29, 0.717) is 10.8 Å². The molecule has 0 saturated heterocycles. The van der Waals surface area contributed by atoms with Crippen LogP contribution in [-0.2, 0) is 4.79 Å². The van der Waals surface area contributed by atoms with Crippen molar-refractivity contribution >= 4 is 38.7 Å². The summed E-state index contributed by atoms with van der Waals surface area (Å²) in [5.74, 6) is -0.341. The lowest BCUT2D eigenvalue weighted by Gasteiger charge is -2.03. The number of phenols is 1. The number of benzene rings is 1. The van der Waals surface area contributed by atoms with Crippen LogP contribution in [0.1, 0.15) is 5.56 Å². The number of phenolic OH excluding ortho intramolecular Hbond substituents is 1. The quantitative estimate of drug-likeness (QED) is 0.878. The number of rotatable bonds is 2. The zero-order valence-corrected chi connectivity index (χ0v) is 10.5. The van der Waals surface area contributed by atoms with E-state index in [-0.39, 0.29) is 5.75 Å². The Hall–Kier alpha value is -1.01. The lowest BCUT2D eigenvalue weighted by molar-refractivity contribution is -0.137. The third kappa shape index (κ3) is 2.22. The van der Waals surface area contributed by atoms with Crippen LogP contribution in [-0.4, -0.2) is 33.0 Å². The fourth-order valence-electron chi connectivity index (χ4n) is 1.32. The zero-order chi connectivity index (χ0) is 11.7. The Morgan fingerprint density at radius 3 is 2.94 bits per heavy atom. The predicted octanol–water partition coefficient (Wildman–Crippen LogP) is 2.10. The first-order valence-corrected chi connectivity index (χ1v) is 6.28. The van der Waals surface area contributed by atoms with Crippen LogP contribution in [0.2, 0.25) is 0 Å². The van der Waals surface area contributed by atoms with Gasteiger partial charge in [-0.1, -0.05) is 15.9 Å². The van der Waals surface area contributed by atoms with Gasteiger partial charge in [0.1, 0.15) is 10.8 Å². The lowest BCUT2D eigenvalue weighted by Crippen LogP contribution is -2.17. The van der Waals surface area contributed by atoms with E-state index in [0.717, 1.165) is 10.0 Å². The van der Waals surface area contributed by atoms with Crippen molar-refractivity contribution < 1.29 is 15.0 Å². The van der Waals surface area contributed by atoms with Crippen LogP contribution < -0.4 is 0 Å². The third-order valence-electron chi connectivity index (χ3n) is 2.12. The summed E-state index contributed by atoms with van der Waals surface area (Å²) in [5.41, 5.74) is 0.730.